The monoisotopic (exact) mass is 397 g/mol. The first-order chi connectivity index (χ1) is 10.2. The lowest BCUT2D eigenvalue weighted by atomic mass is 9.99. The minimum Gasteiger partial charge on any atom is -0.493 e. The van der Waals surface area contributed by atoms with Crippen molar-refractivity contribution in [2.45, 2.75) is 12.5 Å². The van der Waals surface area contributed by atoms with E-state index in [9.17, 15) is 0 Å². The van der Waals surface area contributed by atoms with Crippen molar-refractivity contribution in [3.63, 3.8) is 0 Å². The molecule has 0 aliphatic carbocycles. The molecule has 2 rings (SSSR count). The van der Waals surface area contributed by atoms with E-state index in [0.29, 0.717) is 0 Å². The van der Waals surface area contributed by atoms with Gasteiger partial charge in [0.2, 0.25) is 0 Å². The van der Waals surface area contributed by atoms with Gasteiger partial charge in [0.1, 0.15) is 0 Å². The van der Waals surface area contributed by atoms with Crippen LogP contribution >= 0.6 is 22.6 Å². The molecule has 0 aliphatic heterocycles. The Labute approximate surface area is 139 Å². The van der Waals surface area contributed by atoms with Gasteiger partial charge in [-0.05, 0) is 71.5 Å². The van der Waals surface area contributed by atoms with Crippen molar-refractivity contribution < 1.29 is 9.47 Å². The highest BCUT2D eigenvalue weighted by molar-refractivity contribution is 14.1. The van der Waals surface area contributed by atoms with E-state index >= 15 is 0 Å². The number of likely N-dealkylation sites (N-methyl/N-ethyl adjacent to an activating group) is 1. The third kappa shape index (κ3) is 4.11. The van der Waals surface area contributed by atoms with Crippen LogP contribution in [0.2, 0.25) is 0 Å². The Morgan fingerprint density at radius 3 is 2.43 bits per heavy atom. The standard InChI is InChI=1S/C17H20INO2/c1-19-15(13-5-4-6-14(18)11-13)9-12-7-8-16(20-2)17(10-12)21-3/h4-8,10-11,15,19H,9H2,1-3H3. The van der Waals surface area contributed by atoms with Crippen LogP contribution in [-0.4, -0.2) is 21.3 Å². The summed E-state index contributed by atoms with van der Waals surface area (Å²) in [5.41, 5.74) is 2.50. The molecule has 0 radical (unpaired) electrons. The normalized spacial score (nSPS) is 12.0. The maximum absolute atomic E-state index is 5.37. The van der Waals surface area contributed by atoms with E-state index in [2.05, 4.69) is 58.2 Å². The first-order valence-electron chi connectivity index (χ1n) is 6.81. The zero-order chi connectivity index (χ0) is 15.2. The third-order valence-corrected chi connectivity index (χ3v) is 4.16. The summed E-state index contributed by atoms with van der Waals surface area (Å²) in [6.07, 6.45) is 0.900. The fourth-order valence-corrected chi connectivity index (χ4v) is 2.92. The lowest BCUT2D eigenvalue weighted by molar-refractivity contribution is 0.354. The average molecular weight is 397 g/mol. The molecule has 0 aliphatic rings. The number of nitrogens with one attached hydrogen (secondary N) is 1. The molecule has 4 heteroatoms. The topological polar surface area (TPSA) is 30.5 Å². The quantitative estimate of drug-likeness (QED) is 0.753. The smallest absolute Gasteiger partial charge is 0.160 e. The summed E-state index contributed by atoms with van der Waals surface area (Å²) in [4.78, 5) is 0. The van der Waals surface area contributed by atoms with Crippen LogP contribution in [0.15, 0.2) is 42.5 Å². The van der Waals surface area contributed by atoms with Crippen LogP contribution in [-0.2, 0) is 6.42 Å². The highest BCUT2D eigenvalue weighted by Gasteiger charge is 2.12. The number of ether oxygens (including phenoxy) is 2. The van der Waals surface area contributed by atoms with Gasteiger partial charge >= 0.3 is 0 Å². The van der Waals surface area contributed by atoms with Crippen LogP contribution in [0.3, 0.4) is 0 Å². The summed E-state index contributed by atoms with van der Waals surface area (Å²) in [6, 6.07) is 14.9. The van der Waals surface area contributed by atoms with Crippen molar-refractivity contribution in [3.8, 4) is 11.5 Å². The van der Waals surface area contributed by atoms with Crippen LogP contribution in [0.1, 0.15) is 17.2 Å². The molecule has 0 fully saturated rings. The number of hydrogen-bond donors (Lipinski definition) is 1. The molecule has 1 atom stereocenters. The number of methoxy groups -OCH3 is 2. The summed E-state index contributed by atoms with van der Waals surface area (Å²) in [5.74, 6) is 1.53. The lowest BCUT2D eigenvalue weighted by Crippen LogP contribution is -2.19. The van der Waals surface area contributed by atoms with Crippen molar-refractivity contribution >= 4 is 22.6 Å². The molecule has 3 nitrogen and oxygen atoms in total. The van der Waals surface area contributed by atoms with Crippen molar-refractivity contribution in [2.24, 2.45) is 0 Å². The first kappa shape index (κ1) is 16.1. The van der Waals surface area contributed by atoms with E-state index in [1.807, 2.05) is 19.2 Å². The maximum Gasteiger partial charge on any atom is 0.160 e. The third-order valence-electron chi connectivity index (χ3n) is 3.49. The Hall–Kier alpha value is -1.27. The van der Waals surface area contributed by atoms with Gasteiger partial charge in [0.25, 0.3) is 0 Å². The van der Waals surface area contributed by atoms with Gasteiger partial charge < -0.3 is 14.8 Å². The molecule has 0 aromatic heterocycles. The van der Waals surface area contributed by atoms with Gasteiger partial charge in [-0.1, -0.05) is 18.2 Å². The molecule has 0 bridgehead atoms. The molecule has 0 heterocycles. The predicted octanol–water partition coefficient (Wildman–Crippen LogP) is 3.81. The minimum absolute atomic E-state index is 0.276. The molecule has 2 aromatic carbocycles. The second-order valence-corrected chi connectivity index (χ2v) is 6.04. The lowest BCUT2D eigenvalue weighted by Gasteiger charge is -2.18. The van der Waals surface area contributed by atoms with Gasteiger partial charge in [0.05, 0.1) is 14.2 Å². The Morgan fingerprint density at radius 1 is 1.05 bits per heavy atom. The Bertz CT molecular complexity index is 601. The summed E-state index contributed by atoms with van der Waals surface area (Å²) < 4.78 is 11.9. The van der Waals surface area contributed by atoms with Gasteiger partial charge in [-0.15, -0.1) is 0 Å². The molecular weight excluding hydrogens is 377 g/mol. The van der Waals surface area contributed by atoms with Crippen LogP contribution in [0.4, 0.5) is 0 Å². The van der Waals surface area contributed by atoms with Gasteiger partial charge in [0.15, 0.2) is 11.5 Å². The Balaban J connectivity index is 2.22. The largest absolute Gasteiger partial charge is 0.493 e. The summed E-state index contributed by atoms with van der Waals surface area (Å²) >= 11 is 2.34. The summed E-state index contributed by atoms with van der Waals surface area (Å²) in [6.45, 7) is 0. The maximum atomic E-state index is 5.37. The van der Waals surface area contributed by atoms with Gasteiger partial charge in [-0.25, -0.2) is 0 Å². The molecule has 0 saturated carbocycles. The van der Waals surface area contributed by atoms with Crippen LogP contribution in [0.25, 0.3) is 0 Å². The Kier molecular flexibility index (Phi) is 5.87. The van der Waals surface area contributed by atoms with Gasteiger partial charge in [0, 0.05) is 9.61 Å². The van der Waals surface area contributed by atoms with Crippen LogP contribution < -0.4 is 14.8 Å². The van der Waals surface area contributed by atoms with E-state index < -0.39 is 0 Å². The van der Waals surface area contributed by atoms with Crippen molar-refractivity contribution in [1.82, 2.24) is 5.32 Å². The highest BCUT2D eigenvalue weighted by atomic mass is 127. The molecule has 1 unspecified atom stereocenters. The van der Waals surface area contributed by atoms with E-state index in [-0.39, 0.29) is 6.04 Å². The Morgan fingerprint density at radius 2 is 1.81 bits per heavy atom. The molecule has 2 aromatic rings. The number of hydrogen-bond acceptors (Lipinski definition) is 3. The predicted molar refractivity (Wildman–Crippen MR) is 94.2 cm³/mol. The molecule has 1 N–H and O–H groups in total. The van der Waals surface area contributed by atoms with E-state index in [1.165, 1.54) is 14.7 Å². The SMILES string of the molecule is CNC(Cc1ccc(OC)c(OC)c1)c1cccc(I)c1. The van der Waals surface area contributed by atoms with E-state index in [0.717, 1.165) is 17.9 Å². The van der Waals surface area contributed by atoms with Crippen molar-refractivity contribution in [3.05, 3.63) is 57.2 Å². The second kappa shape index (κ2) is 7.66. The zero-order valence-corrected chi connectivity index (χ0v) is 14.7. The fraction of sp³-hybridized carbons (Fsp3) is 0.294. The van der Waals surface area contributed by atoms with E-state index in [1.54, 1.807) is 14.2 Å². The summed E-state index contributed by atoms with van der Waals surface area (Å²) in [7, 11) is 5.31. The summed E-state index contributed by atoms with van der Waals surface area (Å²) in [5, 5.41) is 3.38. The first-order valence-corrected chi connectivity index (χ1v) is 7.89. The average Bonchev–Trinajstić information content (AvgIpc) is 2.52. The second-order valence-electron chi connectivity index (χ2n) is 4.79. The zero-order valence-electron chi connectivity index (χ0n) is 12.5. The molecule has 112 valence electrons. The van der Waals surface area contributed by atoms with Crippen LogP contribution in [0, 0.1) is 3.57 Å². The molecule has 0 amide bonds. The minimum atomic E-state index is 0.276. The van der Waals surface area contributed by atoms with Crippen molar-refractivity contribution in [1.29, 1.82) is 0 Å². The molecular formula is C17H20INO2. The fourth-order valence-electron chi connectivity index (χ4n) is 2.35. The van der Waals surface area contributed by atoms with Crippen LogP contribution in [0.5, 0.6) is 11.5 Å². The van der Waals surface area contributed by atoms with Gasteiger partial charge in [-0.2, -0.15) is 0 Å². The molecule has 0 saturated heterocycles. The van der Waals surface area contributed by atoms with Crippen molar-refractivity contribution in [2.75, 3.05) is 21.3 Å². The molecule has 0 spiro atoms. The van der Waals surface area contributed by atoms with E-state index in [4.69, 9.17) is 9.47 Å². The number of halogens is 1. The van der Waals surface area contributed by atoms with Gasteiger partial charge in [-0.3, -0.25) is 0 Å². The molecule has 21 heavy (non-hydrogen) atoms. The number of rotatable bonds is 6. The number of benzene rings is 2. The highest BCUT2D eigenvalue weighted by Crippen LogP contribution is 2.29.